The van der Waals surface area contributed by atoms with Gasteiger partial charge in [0.1, 0.15) is 5.75 Å². The van der Waals surface area contributed by atoms with Crippen molar-refractivity contribution in [3.05, 3.63) is 24.0 Å². The van der Waals surface area contributed by atoms with Crippen LogP contribution in [0.15, 0.2) is 18.5 Å². The van der Waals surface area contributed by atoms with Crippen molar-refractivity contribution in [2.45, 2.75) is 24.6 Å². The summed E-state index contributed by atoms with van der Waals surface area (Å²) in [7, 11) is 1.66. The van der Waals surface area contributed by atoms with Gasteiger partial charge in [-0.2, -0.15) is 0 Å². The maximum absolute atomic E-state index is 5.09. The van der Waals surface area contributed by atoms with E-state index in [2.05, 4.69) is 27.8 Å². The Morgan fingerprint density at radius 1 is 1.54 bits per heavy atom. The van der Waals surface area contributed by atoms with E-state index in [4.69, 9.17) is 4.74 Å². The summed E-state index contributed by atoms with van der Waals surface area (Å²) in [6, 6.07) is 2.03. The predicted molar refractivity (Wildman–Crippen MR) is 57.5 cm³/mol. The monoisotopic (exact) mass is 243 g/mol. The average molecular weight is 244 g/mol. The normalized spacial score (nSPS) is 12.5. The van der Waals surface area contributed by atoms with E-state index in [1.54, 1.807) is 13.3 Å². The molecule has 0 aliphatic rings. The molecule has 0 aliphatic carbocycles. The van der Waals surface area contributed by atoms with Crippen molar-refractivity contribution in [3.8, 4) is 5.75 Å². The highest BCUT2D eigenvalue weighted by atomic mass is 79.9. The van der Waals surface area contributed by atoms with E-state index in [0.717, 1.165) is 18.6 Å². The molecule has 0 fully saturated rings. The van der Waals surface area contributed by atoms with E-state index in [9.17, 15) is 0 Å². The molecule has 72 valence electrons. The first-order chi connectivity index (χ1) is 6.22. The molecule has 0 N–H and O–H groups in total. The van der Waals surface area contributed by atoms with Gasteiger partial charge in [-0.15, -0.1) is 0 Å². The molecule has 0 aromatic carbocycles. The molecule has 0 bridgehead atoms. The molecule has 0 spiro atoms. The van der Waals surface area contributed by atoms with Gasteiger partial charge in [-0.1, -0.05) is 22.9 Å². The number of hydrogen-bond acceptors (Lipinski definition) is 2. The number of rotatable bonds is 4. The highest BCUT2D eigenvalue weighted by Gasteiger charge is 1.99. The Morgan fingerprint density at radius 2 is 2.31 bits per heavy atom. The SMILES string of the molecule is COc1cncc(CCC(C)Br)c1. The zero-order valence-corrected chi connectivity index (χ0v) is 9.54. The van der Waals surface area contributed by atoms with Crippen LogP contribution in [0, 0.1) is 0 Å². The third kappa shape index (κ3) is 3.77. The van der Waals surface area contributed by atoms with Crippen LogP contribution < -0.4 is 4.74 Å². The second kappa shape index (κ2) is 5.22. The Kier molecular flexibility index (Phi) is 4.22. The molecule has 0 aliphatic heterocycles. The lowest BCUT2D eigenvalue weighted by Crippen LogP contribution is -1.95. The molecule has 0 saturated heterocycles. The van der Waals surface area contributed by atoms with Crippen LogP contribution in [-0.4, -0.2) is 16.9 Å². The number of pyridine rings is 1. The molecule has 1 aromatic heterocycles. The second-order valence-electron chi connectivity index (χ2n) is 3.05. The van der Waals surface area contributed by atoms with Gasteiger partial charge in [0, 0.05) is 11.0 Å². The van der Waals surface area contributed by atoms with Gasteiger partial charge in [-0.25, -0.2) is 0 Å². The Hall–Kier alpha value is -0.570. The molecule has 1 aromatic rings. The summed E-state index contributed by atoms with van der Waals surface area (Å²) < 4.78 is 5.09. The molecule has 1 rings (SSSR count). The van der Waals surface area contributed by atoms with Crippen LogP contribution in [0.5, 0.6) is 5.75 Å². The van der Waals surface area contributed by atoms with Crippen molar-refractivity contribution in [1.29, 1.82) is 0 Å². The number of hydrogen-bond donors (Lipinski definition) is 0. The minimum Gasteiger partial charge on any atom is -0.495 e. The minimum absolute atomic E-state index is 0.554. The molecular formula is C10H14BrNO. The largest absolute Gasteiger partial charge is 0.495 e. The van der Waals surface area contributed by atoms with Gasteiger partial charge in [-0.3, -0.25) is 4.98 Å². The van der Waals surface area contributed by atoms with Gasteiger partial charge in [0.25, 0.3) is 0 Å². The standard InChI is InChI=1S/C10H14BrNO/c1-8(11)3-4-9-5-10(13-2)7-12-6-9/h5-8H,3-4H2,1-2H3. The van der Waals surface area contributed by atoms with E-state index in [-0.39, 0.29) is 0 Å². The van der Waals surface area contributed by atoms with Crippen molar-refractivity contribution < 1.29 is 4.74 Å². The molecule has 3 heteroatoms. The van der Waals surface area contributed by atoms with Crippen molar-refractivity contribution in [2.24, 2.45) is 0 Å². The van der Waals surface area contributed by atoms with E-state index in [0.29, 0.717) is 4.83 Å². The zero-order chi connectivity index (χ0) is 9.68. The summed E-state index contributed by atoms with van der Waals surface area (Å²) in [5.74, 6) is 0.833. The maximum atomic E-state index is 5.09. The molecule has 0 radical (unpaired) electrons. The first-order valence-electron chi connectivity index (χ1n) is 4.34. The summed E-state index contributed by atoms with van der Waals surface area (Å²) in [6.45, 7) is 2.15. The van der Waals surface area contributed by atoms with Crippen LogP contribution in [0.2, 0.25) is 0 Å². The fourth-order valence-electron chi connectivity index (χ4n) is 1.08. The van der Waals surface area contributed by atoms with E-state index in [1.165, 1.54) is 5.56 Å². The molecular weight excluding hydrogens is 230 g/mol. The lowest BCUT2D eigenvalue weighted by atomic mass is 10.1. The molecule has 1 heterocycles. The number of aromatic nitrogens is 1. The topological polar surface area (TPSA) is 22.1 Å². The summed E-state index contributed by atoms with van der Waals surface area (Å²) in [5, 5.41) is 0. The summed E-state index contributed by atoms with van der Waals surface area (Å²) in [5.41, 5.74) is 1.23. The maximum Gasteiger partial charge on any atom is 0.137 e. The van der Waals surface area contributed by atoms with Gasteiger partial charge in [-0.05, 0) is 24.5 Å². The van der Waals surface area contributed by atoms with Crippen molar-refractivity contribution in [3.63, 3.8) is 0 Å². The molecule has 1 atom stereocenters. The Bertz CT molecular complexity index is 263. The van der Waals surface area contributed by atoms with Crippen molar-refractivity contribution in [2.75, 3.05) is 7.11 Å². The zero-order valence-electron chi connectivity index (χ0n) is 7.96. The van der Waals surface area contributed by atoms with Gasteiger partial charge in [0.2, 0.25) is 0 Å². The second-order valence-corrected chi connectivity index (χ2v) is 4.62. The van der Waals surface area contributed by atoms with E-state index in [1.807, 2.05) is 12.3 Å². The number of alkyl halides is 1. The summed E-state index contributed by atoms with van der Waals surface area (Å²) in [4.78, 5) is 4.65. The number of halogens is 1. The Balaban J connectivity index is 2.56. The van der Waals surface area contributed by atoms with Crippen LogP contribution >= 0.6 is 15.9 Å². The fraction of sp³-hybridized carbons (Fsp3) is 0.500. The molecule has 2 nitrogen and oxygen atoms in total. The number of methoxy groups -OCH3 is 1. The van der Waals surface area contributed by atoms with Crippen molar-refractivity contribution >= 4 is 15.9 Å². The first-order valence-corrected chi connectivity index (χ1v) is 5.26. The summed E-state index contributed by atoms with van der Waals surface area (Å²) >= 11 is 3.52. The minimum atomic E-state index is 0.554. The summed E-state index contributed by atoms with van der Waals surface area (Å²) in [6.07, 6.45) is 5.77. The molecule has 1 unspecified atom stereocenters. The number of nitrogens with zero attached hydrogens (tertiary/aromatic N) is 1. The van der Waals surface area contributed by atoms with Crippen molar-refractivity contribution in [1.82, 2.24) is 4.98 Å². The van der Waals surface area contributed by atoms with Gasteiger partial charge >= 0.3 is 0 Å². The fourth-order valence-corrected chi connectivity index (χ4v) is 1.31. The highest BCUT2D eigenvalue weighted by Crippen LogP contribution is 2.14. The van der Waals surface area contributed by atoms with Gasteiger partial charge < -0.3 is 4.74 Å². The number of aryl methyl sites for hydroxylation is 1. The smallest absolute Gasteiger partial charge is 0.137 e. The van der Waals surface area contributed by atoms with Crippen LogP contribution in [0.4, 0.5) is 0 Å². The number of ether oxygens (including phenoxy) is 1. The van der Waals surface area contributed by atoms with E-state index < -0.39 is 0 Å². The first kappa shape index (κ1) is 10.5. The van der Waals surface area contributed by atoms with Crippen LogP contribution in [-0.2, 0) is 6.42 Å². The quantitative estimate of drug-likeness (QED) is 0.760. The van der Waals surface area contributed by atoms with Gasteiger partial charge in [0.05, 0.1) is 13.3 Å². The predicted octanol–water partition coefficient (Wildman–Crippen LogP) is 2.81. The molecule has 0 saturated carbocycles. The molecule has 0 amide bonds. The third-order valence-corrected chi connectivity index (χ3v) is 2.29. The highest BCUT2D eigenvalue weighted by molar-refractivity contribution is 9.09. The third-order valence-electron chi connectivity index (χ3n) is 1.84. The Morgan fingerprint density at radius 3 is 2.92 bits per heavy atom. The average Bonchev–Trinajstić information content (AvgIpc) is 2.15. The van der Waals surface area contributed by atoms with Gasteiger partial charge in [0.15, 0.2) is 0 Å². The van der Waals surface area contributed by atoms with E-state index >= 15 is 0 Å². The Labute approximate surface area is 87.5 Å². The van der Waals surface area contributed by atoms with Crippen LogP contribution in [0.3, 0.4) is 0 Å². The lowest BCUT2D eigenvalue weighted by molar-refractivity contribution is 0.412. The molecule has 13 heavy (non-hydrogen) atoms. The van der Waals surface area contributed by atoms with Crippen LogP contribution in [0.25, 0.3) is 0 Å². The van der Waals surface area contributed by atoms with Crippen LogP contribution in [0.1, 0.15) is 18.9 Å². The lowest BCUT2D eigenvalue weighted by Gasteiger charge is -2.04.